The standard InChI is InChI=1S/C20H33N5O4/c1-5-21-18(22-9-7-10-23-19(27)29-20(2,3)4)25-13-11-24(12-14-25)17(26)16-8-6-15-28-16/h6,8,15H,5,7,9-14H2,1-4H3,(H,21,22)(H,23,27). The molecule has 1 saturated heterocycles. The van der Waals surface area contributed by atoms with Gasteiger partial charge in [-0.15, -0.1) is 0 Å². The van der Waals surface area contributed by atoms with Crippen LogP contribution in [0.4, 0.5) is 4.79 Å². The van der Waals surface area contributed by atoms with Crippen molar-refractivity contribution in [2.75, 3.05) is 45.8 Å². The maximum absolute atomic E-state index is 12.4. The Morgan fingerprint density at radius 3 is 2.45 bits per heavy atom. The Morgan fingerprint density at radius 1 is 1.17 bits per heavy atom. The number of amides is 2. The summed E-state index contributed by atoms with van der Waals surface area (Å²) in [7, 11) is 0. The van der Waals surface area contributed by atoms with Crippen molar-refractivity contribution in [2.45, 2.75) is 39.7 Å². The normalized spacial score (nSPS) is 15.2. The number of alkyl carbamates (subject to hydrolysis) is 1. The van der Waals surface area contributed by atoms with Crippen molar-refractivity contribution in [1.29, 1.82) is 0 Å². The molecule has 162 valence electrons. The molecule has 0 aromatic carbocycles. The van der Waals surface area contributed by atoms with E-state index in [0.717, 1.165) is 12.5 Å². The molecular formula is C20H33N5O4. The molecule has 0 saturated carbocycles. The highest BCUT2D eigenvalue weighted by molar-refractivity contribution is 5.91. The zero-order valence-corrected chi connectivity index (χ0v) is 17.9. The third kappa shape index (κ3) is 7.67. The maximum atomic E-state index is 12.4. The number of furan rings is 1. The Kier molecular flexibility index (Phi) is 8.35. The van der Waals surface area contributed by atoms with E-state index in [1.54, 1.807) is 17.0 Å². The third-order valence-electron chi connectivity index (χ3n) is 4.20. The van der Waals surface area contributed by atoms with Gasteiger partial charge < -0.3 is 29.6 Å². The zero-order chi connectivity index (χ0) is 21.3. The van der Waals surface area contributed by atoms with E-state index in [0.29, 0.717) is 51.4 Å². The van der Waals surface area contributed by atoms with Gasteiger partial charge in [0.1, 0.15) is 5.60 Å². The molecule has 1 aliphatic heterocycles. The molecule has 0 radical (unpaired) electrons. The summed E-state index contributed by atoms with van der Waals surface area (Å²) < 4.78 is 10.4. The number of nitrogens with zero attached hydrogens (tertiary/aromatic N) is 3. The van der Waals surface area contributed by atoms with Crippen LogP contribution >= 0.6 is 0 Å². The van der Waals surface area contributed by atoms with Crippen LogP contribution < -0.4 is 10.6 Å². The highest BCUT2D eigenvalue weighted by Gasteiger charge is 2.25. The third-order valence-corrected chi connectivity index (χ3v) is 4.20. The molecule has 1 aromatic rings. The molecule has 2 N–H and O–H groups in total. The van der Waals surface area contributed by atoms with E-state index in [4.69, 9.17) is 9.15 Å². The van der Waals surface area contributed by atoms with E-state index >= 15 is 0 Å². The Morgan fingerprint density at radius 2 is 1.86 bits per heavy atom. The Bertz CT molecular complexity index is 674. The van der Waals surface area contributed by atoms with Crippen LogP contribution in [0.1, 0.15) is 44.7 Å². The summed E-state index contributed by atoms with van der Waals surface area (Å²) in [6.45, 7) is 12.0. The summed E-state index contributed by atoms with van der Waals surface area (Å²) in [5.74, 6) is 1.12. The lowest BCUT2D eigenvalue weighted by Crippen LogP contribution is -2.53. The van der Waals surface area contributed by atoms with Gasteiger partial charge in [-0.05, 0) is 46.2 Å². The fourth-order valence-corrected chi connectivity index (χ4v) is 2.87. The first-order valence-corrected chi connectivity index (χ1v) is 10.1. The fraction of sp³-hybridized carbons (Fsp3) is 0.650. The van der Waals surface area contributed by atoms with Gasteiger partial charge in [0.15, 0.2) is 11.7 Å². The highest BCUT2D eigenvalue weighted by Crippen LogP contribution is 2.10. The molecule has 29 heavy (non-hydrogen) atoms. The van der Waals surface area contributed by atoms with Crippen molar-refractivity contribution in [1.82, 2.24) is 20.4 Å². The molecule has 1 aliphatic rings. The summed E-state index contributed by atoms with van der Waals surface area (Å²) in [5.41, 5.74) is -0.499. The minimum atomic E-state index is -0.499. The number of piperazine rings is 1. The molecule has 2 heterocycles. The monoisotopic (exact) mass is 407 g/mol. The number of rotatable bonds is 6. The van der Waals surface area contributed by atoms with Crippen molar-refractivity contribution in [2.24, 2.45) is 4.99 Å². The van der Waals surface area contributed by atoms with Gasteiger partial charge in [0.25, 0.3) is 5.91 Å². The van der Waals surface area contributed by atoms with E-state index in [1.165, 1.54) is 6.26 Å². The minimum absolute atomic E-state index is 0.0789. The summed E-state index contributed by atoms with van der Waals surface area (Å²) in [6, 6.07) is 3.41. The molecular weight excluding hydrogens is 374 g/mol. The predicted octanol–water partition coefficient (Wildman–Crippen LogP) is 1.92. The van der Waals surface area contributed by atoms with Crippen molar-refractivity contribution < 1.29 is 18.7 Å². The van der Waals surface area contributed by atoms with Gasteiger partial charge in [0.2, 0.25) is 0 Å². The first-order chi connectivity index (χ1) is 13.8. The average Bonchev–Trinajstić information content (AvgIpc) is 3.20. The Hall–Kier alpha value is -2.71. The topological polar surface area (TPSA) is 99.4 Å². The quantitative estimate of drug-likeness (QED) is 0.425. The first kappa shape index (κ1) is 22.6. The largest absolute Gasteiger partial charge is 0.459 e. The van der Waals surface area contributed by atoms with Crippen molar-refractivity contribution in [3.05, 3.63) is 24.2 Å². The van der Waals surface area contributed by atoms with Crippen molar-refractivity contribution in [3.8, 4) is 0 Å². The number of hydrogen-bond acceptors (Lipinski definition) is 5. The van der Waals surface area contributed by atoms with Gasteiger partial charge in [-0.1, -0.05) is 0 Å². The maximum Gasteiger partial charge on any atom is 0.407 e. The van der Waals surface area contributed by atoms with E-state index in [2.05, 4.69) is 20.5 Å². The zero-order valence-electron chi connectivity index (χ0n) is 17.9. The molecule has 0 bridgehead atoms. The Balaban J connectivity index is 1.76. The lowest BCUT2D eigenvalue weighted by Gasteiger charge is -2.36. The lowest BCUT2D eigenvalue weighted by atomic mass is 10.2. The molecule has 2 rings (SSSR count). The number of hydrogen-bond donors (Lipinski definition) is 2. The van der Waals surface area contributed by atoms with Crippen LogP contribution in [-0.4, -0.2) is 79.2 Å². The van der Waals surface area contributed by atoms with Gasteiger partial charge in [-0.2, -0.15) is 0 Å². The van der Waals surface area contributed by atoms with Crippen molar-refractivity contribution >= 4 is 18.0 Å². The van der Waals surface area contributed by atoms with Gasteiger partial charge in [0, 0.05) is 45.8 Å². The van der Waals surface area contributed by atoms with Crippen LogP contribution in [-0.2, 0) is 4.74 Å². The fourth-order valence-electron chi connectivity index (χ4n) is 2.87. The van der Waals surface area contributed by atoms with Gasteiger partial charge in [0.05, 0.1) is 6.26 Å². The molecule has 9 heteroatoms. The summed E-state index contributed by atoms with van der Waals surface area (Å²) in [4.78, 5) is 32.6. The van der Waals surface area contributed by atoms with Crippen LogP contribution in [0.5, 0.6) is 0 Å². The van der Waals surface area contributed by atoms with Crippen LogP contribution in [0.2, 0.25) is 0 Å². The molecule has 1 fully saturated rings. The number of guanidine groups is 1. The van der Waals surface area contributed by atoms with Gasteiger partial charge in [-0.25, -0.2) is 4.79 Å². The van der Waals surface area contributed by atoms with Crippen LogP contribution in [0.3, 0.4) is 0 Å². The predicted molar refractivity (Wildman–Crippen MR) is 111 cm³/mol. The number of nitrogens with one attached hydrogen (secondary N) is 2. The SMILES string of the molecule is CCNC(=NCCCNC(=O)OC(C)(C)C)N1CCN(C(=O)c2ccco2)CC1. The second-order valence-corrected chi connectivity index (χ2v) is 7.77. The van der Waals surface area contributed by atoms with Crippen molar-refractivity contribution in [3.63, 3.8) is 0 Å². The van der Waals surface area contributed by atoms with Gasteiger partial charge >= 0.3 is 6.09 Å². The van der Waals surface area contributed by atoms with E-state index < -0.39 is 11.7 Å². The number of ether oxygens (including phenoxy) is 1. The minimum Gasteiger partial charge on any atom is -0.459 e. The molecule has 0 aliphatic carbocycles. The van der Waals surface area contributed by atoms with Crippen LogP contribution in [0.15, 0.2) is 27.8 Å². The second-order valence-electron chi connectivity index (χ2n) is 7.77. The smallest absolute Gasteiger partial charge is 0.407 e. The molecule has 0 unspecified atom stereocenters. The number of aliphatic imine (C=N–C) groups is 1. The molecule has 0 atom stereocenters. The van der Waals surface area contributed by atoms with E-state index in [9.17, 15) is 9.59 Å². The molecule has 2 amide bonds. The number of carbonyl (C=O) groups excluding carboxylic acids is 2. The van der Waals surface area contributed by atoms with E-state index in [-0.39, 0.29) is 5.91 Å². The van der Waals surface area contributed by atoms with Gasteiger partial charge in [-0.3, -0.25) is 9.79 Å². The Labute approximate surface area is 172 Å². The number of carbonyl (C=O) groups is 2. The first-order valence-electron chi connectivity index (χ1n) is 10.1. The highest BCUT2D eigenvalue weighted by atomic mass is 16.6. The van der Waals surface area contributed by atoms with E-state index in [1.807, 2.05) is 27.7 Å². The van der Waals surface area contributed by atoms with Crippen LogP contribution in [0, 0.1) is 0 Å². The summed E-state index contributed by atoms with van der Waals surface area (Å²) in [6.07, 6.45) is 1.81. The van der Waals surface area contributed by atoms with Crippen LogP contribution in [0.25, 0.3) is 0 Å². The second kappa shape index (κ2) is 10.7. The molecule has 0 spiro atoms. The lowest BCUT2D eigenvalue weighted by molar-refractivity contribution is 0.0527. The summed E-state index contributed by atoms with van der Waals surface area (Å²) >= 11 is 0. The average molecular weight is 408 g/mol. The molecule has 9 nitrogen and oxygen atoms in total. The summed E-state index contributed by atoms with van der Waals surface area (Å²) in [5, 5.41) is 6.04. The molecule has 1 aromatic heterocycles.